The van der Waals surface area contributed by atoms with Crippen LogP contribution in [0, 0.1) is 12.8 Å². The van der Waals surface area contributed by atoms with Crippen LogP contribution in [0.5, 0.6) is 0 Å². The van der Waals surface area contributed by atoms with Crippen molar-refractivity contribution < 1.29 is 30.4 Å². The van der Waals surface area contributed by atoms with Gasteiger partial charge < -0.3 is 10.2 Å². The van der Waals surface area contributed by atoms with Gasteiger partial charge >= 0.3 is 6.18 Å². The zero-order chi connectivity index (χ0) is 23.0. The first-order chi connectivity index (χ1) is 14.4. The topological polar surface area (TPSA) is 75.2 Å². The van der Waals surface area contributed by atoms with Crippen molar-refractivity contribution in [3.63, 3.8) is 0 Å². The molecule has 0 unspecified atom stereocenters. The maximum Gasteiger partial charge on any atom is 0.421 e. The van der Waals surface area contributed by atoms with Gasteiger partial charge in [0.05, 0.1) is 4.90 Å². The van der Waals surface area contributed by atoms with Gasteiger partial charge in [0, 0.05) is 41.6 Å². The summed E-state index contributed by atoms with van der Waals surface area (Å²) in [6.07, 6.45) is -6.27. The summed E-state index contributed by atoms with van der Waals surface area (Å²) in [6.45, 7) is 1.47. The minimum atomic E-state index is -4.77. The van der Waals surface area contributed by atoms with Crippen molar-refractivity contribution in [3.8, 4) is 0 Å². The molecule has 0 bridgehead atoms. The summed E-state index contributed by atoms with van der Waals surface area (Å²) in [6, 6.07) is 3.88. The molecular formula is C18H18ClF5N4O2S. The Morgan fingerprint density at radius 1 is 1.29 bits per heavy atom. The second kappa shape index (κ2) is 8.73. The van der Waals surface area contributed by atoms with Crippen molar-refractivity contribution in [1.82, 2.24) is 9.97 Å². The predicted molar refractivity (Wildman–Crippen MR) is 105 cm³/mol. The number of aryl methyl sites for hydroxylation is 1. The van der Waals surface area contributed by atoms with Crippen molar-refractivity contribution >= 4 is 37.2 Å². The summed E-state index contributed by atoms with van der Waals surface area (Å²) in [5.74, 6) is -1.71. The third kappa shape index (κ3) is 5.53. The smallest absolute Gasteiger partial charge is 0.355 e. The Balaban J connectivity index is 1.95. The highest BCUT2D eigenvalue weighted by Crippen LogP contribution is 2.38. The van der Waals surface area contributed by atoms with E-state index >= 15 is 0 Å². The number of aromatic nitrogens is 2. The number of benzene rings is 1. The molecular weight excluding hydrogens is 467 g/mol. The maximum absolute atomic E-state index is 13.5. The van der Waals surface area contributed by atoms with E-state index in [9.17, 15) is 30.4 Å². The van der Waals surface area contributed by atoms with Crippen molar-refractivity contribution in [3.05, 3.63) is 35.5 Å². The van der Waals surface area contributed by atoms with Gasteiger partial charge in [-0.05, 0) is 43.5 Å². The Kier molecular flexibility index (Phi) is 6.61. The Morgan fingerprint density at radius 3 is 2.58 bits per heavy atom. The van der Waals surface area contributed by atoms with E-state index in [0.717, 1.165) is 0 Å². The number of hydrogen-bond acceptors (Lipinski definition) is 6. The SMILES string of the molecule is Cc1cc(S(=O)(=O)Cl)ccc1Nc1ncc(C(F)(F)F)c(N2CCC[C@H](C(F)F)C2)n1. The van der Waals surface area contributed by atoms with Crippen LogP contribution in [-0.4, -0.2) is 37.9 Å². The Hall–Kier alpha value is -2.21. The van der Waals surface area contributed by atoms with Crippen LogP contribution in [0.15, 0.2) is 29.3 Å². The molecule has 13 heteroatoms. The predicted octanol–water partition coefficient (Wildman–Crippen LogP) is 4.96. The van der Waals surface area contributed by atoms with Crippen molar-refractivity contribution in [2.24, 2.45) is 5.92 Å². The van der Waals surface area contributed by atoms with Gasteiger partial charge in [-0.1, -0.05) is 0 Å². The number of nitrogens with zero attached hydrogens (tertiary/aromatic N) is 3. The highest BCUT2D eigenvalue weighted by molar-refractivity contribution is 8.13. The normalized spacial score (nSPS) is 17.8. The molecule has 1 aliphatic heterocycles. The van der Waals surface area contributed by atoms with E-state index in [0.29, 0.717) is 23.9 Å². The van der Waals surface area contributed by atoms with E-state index in [4.69, 9.17) is 10.7 Å². The molecule has 0 spiro atoms. The molecule has 2 aromatic rings. The fourth-order valence-corrected chi connectivity index (χ4v) is 4.17. The Labute approximate surface area is 179 Å². The number of hydrogen-bond donors (Lipinski definition) is 1. The first-order valence-electron chi connectivity index (χ1n) is 9.16. The molecule has 1 fully saturated rings. The quantitative estimate of drug-likeness (QED) is 0.478. The van der Waals surface area contributed by atoms with Gasteiger partial charge in [-0.25, -0.2) is 22.2 Å². The van der Waals surface area contributed by atoms with Gasteiger partial charge in [-0.2, -0.15) is 18.2 Å². The fraction of sp³-hybridized carbons (Fsp3) is 0.444. The number of piperidine rings is 1. The molecule has 1 saturated heterocycles. The number of anilines is 3. The van der Waals surface area contributed by atoms with Crippen LogP contribution in [0.1, 0.15) is 24.0 Å². The average molecular weight is 485 g/mol. The Morgan fingerprint density at radius 2 is 2.00 bits per heavy atom. The van der Waals surface area contributed by atoms with Crippen molar-refractivity contribution in [2.45, 2.75) is 37.3 Å². The summed E-state index contributed by atoms with van der Waals surface area (Å²) in [5.41, 5.74) is -0.338. The lowest BCUT2D eigenvalue weighted by Crippen LogP contribution is -2.39. The average Bonchev–Trinajstić information content (AvgIpc) is 2.68. The molecule has 6 nitrogen and oxygen atoms in total. The van der Waals surface area contributed by atoms with E-state index in [-0.39, 0.29) is 30.4 Å². The van der Waals surface area contributed by atoms with Crippen LogP contribution in [0.3, 0.4) is 0 Å². The van der Waals surface area contributed by atoms with Crippen LogP contribution in [0.4, 0.5) is 39.4 Å². The third-order valence-electron chi connectivity index (χ3n) is 4.91. The maximum atomic E-state index is 13.5. The first kappa shape index (κ1) is 23.5. The van der Waals surface area contributed by atoms with Crippen LogP contribution in [-0.2, 0) is 15.2 Å². The fourth-order valence-electron chi connectivity index (χ4n) is 3.33. The van der Waals surface area contributed by atoms with E-state index in [1.54, 1.807) is 6.92 Å². The number of alkyl halides is 5. The summed E-state index contributed by atoms with van der Waals surface area (Å²) >= 11 is 0. The lowest BCUT2D eigenvalue weighted by molar-refractivity contribution is -0.137. The van der Waals surface area contributed by atoms with Crippen LogP contribution < -0.4 is 10.2 Å². The molecule has 1 aromatic heterocycles. The lowest BCUT2D eigenvalue weighted by atomic mass is 9.98. The molecule has 1 N–H and O–H groups in total. The summed E-state index contributed by atoms with van der Waals surface area (Å²) in [4.78, 5) is 8.72. The third-order valence-corrected chi connectivity index (χ3v) is 6.27. The number of halogens is 6. The minimum Gasteiger partial charge on any atom is -0.355 e. The van der Waals surface area contributed by atoms with Gasteiger partial charge in [0.2, 0.25) is 12.4 Å². The van der Waals surface area contributed by atoms with E-state index in [1.165, 1.54) is 23.1 Å². The second-order valence-corrected chi connectivity index (χ2v) is 9.72. The minimum absolute atomic E-state index is 0.141. The molecule has 2 heterocycles. The monoisotopic (exact) mass is 484 g/mol. The molecule has 1 aromatic carbocycles. The van der Waals surface area contributed by atoms with Gasteiger partial charge in [0.15, 0.2) is 0 Å². The van der Waals surface area contributed by atoms with Crippen molar-refractivity contribution in [2.75, 3.05) is 23.3 Å². The summed E-state index contributed by atoms with van der Waals surface area (Å²) in [7, 11) is 1.36. The van der Waals surface area contributed by atoms with E-state index in [1.807, 2.05) is 0 Å². The van der Waals surface area contributed by atoms with Crippen molar-refractivity contribution in [1.29, 1.82) is 0 Å². The lowest BCUT2D eigenvalue weighted by Gasteiger charge is -2.34. The molecule has 31 heavy (non-hydrogen) atoms. The molecule has 1 atom stereocenters. The largest absolute Gasteiger partial charge is 0.421 e. The van der Waals surface area contributed by atoms with Crippen LogP contribution >= 0.6 is 10.7 Å². The van der Waals surface area contributed by atoms with E-state index < -0.39 is 39.0 Å². The summed E-state index contributed by atoms with van der Waals surface area (Å²) < 4.78 is 89.6. The van der Waals surface area contributed by atoms with Crippen LogP contribution in [0.25, 0.3) is 0 Å². The van der Waals surface area contributed by atoms with Gasteiger partial charge in [0.1, 0.15) is 11.4 Å². The van der Waals surface area contributed by atoms with Gasteiger partial charge in [-0.3, -0.25) is 0 Å². The zero-order valence-electron chi connectivity index (χ0n) is 16.1. The molecule has 0 amide bonds. The molecule has 0 radical (unpaired) electrons. The molecule has 1 aliphatic rings. The highest BCUT2D eigenvalue weighted by Gasteiger charge is 2.38. The van der Waals surface area contributed by atoms with E-state index in [2.05, 4.69) is 15.3 Å². The standard InChI is InChI=1S/C18H18ClF5N4O2S/c1-10-7-12(31(19,29)30)4-5-14(10)26-17-25-8-13(18(22,23)24)16(27-17)28-6-2-3-11(9-28)15(20)21/h4-5,7-8,11,15H,2-3,6,9H2,1H3,(H,25,26,27)/t11-/m0/s1. The molecule has 170 valence electrons. The molecule has 0 saturated carbocycles. The van der Waals surface area contributed by atoms with Crippen LogP contribution in [0.2, 0.25) is 0 Å². The van der Waals surface area contributed by atoms with Gasteiger partial charge in [0.25, 0.3) is 9.05 Å². The zero-order valence-corrected chi connectivity index (χ0v) is 17.7. The number of nitrogens with one attached hydrogen (secondary N) is 1. The van der Waals surface area contributed by atoms with Gasteiger partial charge in [-0.15, -0.1) is 0 Å². The Bertz CT molecular complexity index is 1070. The molecule has 0 aliphatic carbocycles. The highest BCUT2D eigenvalue weighted by atomic mass is 35.7. The first-order valence-corrected chi connectivity index (χ1v) is 11.5. The molecule has 3 rings (SSSR count). The summed E-state index contributed by atoms with van der Waals surface area (Å²) in [5, 5.41) is 2.74. The second-order valence-electron chi connectivity index (χ2n) is 7.15. The number of rotatable bonds is 5.